The zero-order chi connectivity index (χ0) is 18.1. The molecular weight excluding hydrogens is 332 g/mol. The fourth-order valence-corrected chi connectivity index (χ4v) is 3.20. The van der Waals surface area contributed by atoms with E-state index < -0.39 is 0 Å². The van der Waals surface area contributed by atoms with Crippen LogP contribution in [0.25, 0.3) is 0 Å². The molecule has 0 atom stereocenters. The summed E-state index contributed by atoms with van der Waals surface area (Å²) in [5, 5.41) is 7.74. The molecule has 0 aliphatic carbocycles. The van der Waals surface area contributed by atoms with Gasteiger partial charge < -0.3 is 15.4 Å². The highest BCUT2D eigenvalue weighted by molar-refractivity contribution is 7.11. The predicted molar refractivity (Wildman–Crippen MR) is 106 cm³/mol. The van der Waals surface area contributed by atoms with E-state index in [2.05, 4.69) is 46.6 Å². The normalized spacial score (nSPS) is 11.4. The van der Waals surface area contributed by atoms with Crippen LogP contribution >= 0.6 is 11.3 Å². The molecule has 0 aliphatic heterocycles. The zero-order valence-corrected chi connectivity index (χ0v) is 16.4. The first-order chi connectivity index (χ1) is 12.1. The van der Waals surface area contributed by atoms with Gasteiger partial charge in [0, 0.05) is 18.5 Å². The Morgan fingerprint density at radius 1 is 1.28 bits per heavy atom. The average Bonchev–Trinajstić information content (AvgIpc) is 2.94. The topological polar surface area (TPSA) is 58.5 Å². The van der Waals surface area contributed by atoms with Crippen LogP contribution in [0.2, 0.25) is 0 Å². The lowest BCUT2D eigenvalue weighted by Gasteiger charge is -2.11. The van der Waals surface area contributed by atoms with Crippen molar-refractivity contribution in [1.82, 2.24) is 15.6 Å². The Labute approximate surface area is 154 Å². The van der Waals surface area contributed by atoms with Crippen molar-refractivity contribution in [3.8, 4) is 5.75 Å². The maximum Gasteiger partial charge on any atom is 0.191 e. The molecule has 136 valence electrons. The van der Waals surface area contributed by atoms with Gasteiger partial charge in [-0.25, -0.2) is 4.98 Å². The molecule has 0 bridgehead atoms. The first kappa shape index (κ1) is 19.2. The van der Waals surface area contributed by atoms with Crippen molar-refractivity contribution >= 4 is 17.3 Å². The molecule has 0 unspecified atom stereocenters. The summed E-state index contributed by atoms with van der Waals surface area (Å²) in [5.41, 5.74) is 2.36. The van der Waals surface area contributed by atoms with Gasteiger partial charge in [-0.1, -0.05) is 19.1 Å². The number of hydrogen-bond acceptors (Lipinski definition) is 4. The van der Waals surface area contributed by atoms with E-state index in [1.54, 1.807) is 18.4 Å². The number of rotatable bonds is 8. The van der Waals surface area contributed by atoms with Crippen LogP contribution in [0.5, 0.6) is 5.75 Å². The van der Waals surface area contributed by atoms with Crippen molar-refractivity contribution < 1.29 is 4.74 Å². The summed E-state index contributed by atoms with van der Waals surface area (Å²) in [5.74, 6) is 1.74. The van der Waals surface area contributed by atoms with Crippen LogP contribution < -0.4 is 15.4 Å². The highest BCUT2D eigenvalue weighted by atomic mass is 32.1. The maximum absolute atomic E-state index is 5.68. The Morgan fingerprint density at radius 3 is 2.80 bits per heavy atom. The molecule has 0 fully saturated rings. The molecular formula is C19H28N4OS. The highest BCUT2D eigenvalue weighted by Crippen LogP contribution is 2.16. The lowest BCUT2D eigenvalue weighted by atomic mass is 10.1. The number of aryl methyl sites for hydroxylation is 2. The standard InChI is InChI=1S/C19H28N4OS/c1-5-11-24-17-8-6-7-16(12-17)9-10-21-19(20-4)22-13-18-23-14(2)15(3)25-18/h6-8,12H,5,9-11,13H2,1-4H3,(H2,20,21,22). The summed E-state index contributed by atoms with van der Waals surface area (Å²) in [6.07, 6.45) is 1.94. The molecule has 1 heterocycles. The average molecular weight is 361 g/mol. The second-order valence-electron chi connectivity index (χ2n) is 5.85. The minimum atomic E-state index is 0.694. The third-order valence-corrected chi connectivity index (χ3v) is 4.85. The minimum Gasteiger partial charge on any atom is -0.494 e. The van der Waals surface area contributed by atoms with Crippen molar-refractivity contribution in [1.29, 1.82) is 0 Å². The van der Waals surface area contributed by atoms with Gasteiger partial charge in [-0.15, -0.1) is 11.3 Å². The van der Waals surface area contributed by atoms with Gasteiger partial charge in [-0.3, -0.25) is 4.99 Å². The minimum absolute atomic E-state index is 0.694. The largest absolute Gasteiger partial charge is 0.494 e. The summed E-state index contributed by atoms with van der Waals surface area (Å²) < 4.78 is 5.68. The maximum atomic E-state index is 5.68. The van der Waals surface area contributed by atoms with Gasteiger partial charge in [0.05, 0.1) is 18.8 Å². The lowest BCUT2D eigenvalue weighted by molar-refractivity contribution is 0.317. The second-order valence-corrected chi connectivity index (χ2v) is 7.14. The summed E-state index contributed by atoms with van der Waals surface area (Å²) in [7, 11) is 1.78. The van der Waals surface area contributed by atoms with Crippen LogP contribution in [0.15, 0.2) is 29.3 Å². The molecule has 0 aliphatic rings. The number of thiazole rings is 1. The SMILES string of the molecule is CCCOc1cccc(CCNC(=NC)NCc2nc(C)c(C)s2)c1. The molecule has 1 aromatic heterocycles. The van der Waals surface area contributed by atoms with E-state index in [-0.39, 0.29) is 0 Å². The van der Waals surface area contributed by atoms with Crippen LogP contribution in [0.3, 0.4) is 0 Å². The molecule has 1 aromatic carbocycles. The Kier molecular flexibility index (Phi) is 7.73. The van der Waals surface area contributed by atoms with Gasteiger partial charge in [0.15, 0.2) is 5.96 Å². The number of nitrogens with zero attached hydrogens (tertiary/aromatic N) is 2. The summed E-state index contributed by atoms with van der Waals surface area (Å²) >= 11 is 1.73. The lowest BCUT2D eigenvalue weighted by Crippen LogP contribution is -2.37. The monoisotopic (exact) mass is 360 g/mol. The van der Waals surface area contributed by atoms with Crippen LogP contribution in [0, 0.1) is 13.8 Å². The van der Waals surface area contributed by atoms with Crippen LogP contribution in [-0.4, -0.2) is 31.1 Å². The van der Waals surface area contributed by atoms with Gasteiger partial charge in [-0.2, -0.15) is 0 Å². The molecule has 0 radical (unpaired) electrons. The van der Waals surface area contributed by atoms with Crippen molar-refractivity contribution in [2.45, 2.75) is 40.2 Å². The number of hydrogen-bond donors (Lipinski definition) is 2. The molecule has 6 heteroatoms. The second kappa shape index (κ2) is 10.0. The Hall–Kier alpha value is -2.08. The highest BCUT2D eigenvalue weighted by Gasteiger charge is 2.05. The Balaban J connectivity index is 1.77. The van der Waals surface area contributed by atoms with E-state index in [1.807, 2.05) is 19.1 Å². The van der Waals surface area contributed by atoms with Crippen molar-refractivity contribution in [3.05, 3.63) is 45.4 Å². The van der Waals surface area contributed by atoms with Crippen molar-refractivity contribution in [2.75, 3.05) is 20.2 Å². The van der Waals surface area contributed by atoms with E-state index in [1.165, 1.54) is 10.4 Å². The van der Waals surface area contributed by atoms with Gasteiger partial charge in [0.2, 0.25) is 0 Å². The summed E-state index contributed by atoms with van der Waals surface area (Å²) in [6.45, 7) is 8.52. The number of benzene rings is 1. The zero-order valence-electron chi connectivity index (χ0n) is 15.6. The van der Waals surface area contributed by atoms with E-state index in [0.29, 0.717) is 6.54 Å². The third-order valence-electron chi connectivity index (χ3n) is 3.78. The van der Waals surface area contributed by atoms with E-state index in [0.717, 1.165) is 48.4 Å². The van der Waals surface area contributed by atoms with E-state index >= 15 is 0 Å². The number of aromatic nitrogens is 1. The first-order valence-electron chi connectivity index (χ1n) is 8.71. The molecule has 25 heavy (non-hydrogen) atoms. The molecule has 2 aromatic rings. The quantitative estimate of drug-likeness (QED) is 0.559. The molecule has 2 N–H and O–H groups in total. The summed E-state index contributed by atoms with van der Waals surface area (Å²) in [6, 6.07) is 8.28. The van der Waals surface area contributed by atoms with Crippen LogP contribution in [-0.2, 0) is 13.0 Å². The first-order valence-corrected chi connectivity index (χ1v) is 9.53. The number of guanidine groups is 1. The van der Waals surface area contributed by atoms with Crippen molar-refractivity contribution in [2.24, 2.45) is 4.99 Å². The molecule has 0 spiro atoms. The van der Waals surface area contributed by atoms with Crippen LogP contribution in [0.4, 0.5) is 0 Å². The molecule has 0 saturated carbocycles. The third kappa shape index (κ3) is 6.38. The van der Waals surface area contributed by atoms with Crippen molar-refractivity contribution in [3.63, 3.8) is 0 Å². The fraction of sp³-hybridized carbons (Fsp3) is 0.474. The predicted octanol–water partition coefficient (Wildman–Crippen LogP) is 3.46. The number of aliphatic imine (C=N–C) groups is 1. The smallest absolute Gasteiger partial charge is 0.191 e. The van der Waals surface area contributed by atoms with Crippen LogP contribution in [0.1, 0.15) is 34.5 Å². The molecule has 0 saturated heterocycles. The Bertz CT molecular complexity index is 677. The fourth-order valence-electron chi connectivity index (χ4n) is 2.33. The van der Waals surface area contributed by atoms with Gasteiger partial charge in [-0.05, 0) is 44.4 Å². The Morgan fingerprint density at radius 2 is 2.12 bits per heavy atom. The molecule has 2 rings (SSSR count). The molecule has 5 nitrogen and oxygen atoms in total. The number of ether oxygens (including phenoxy) is 1. The van der Waals surface area contributed by atoms with E-state index in [4.69, 9.17) is 4.74 Å². The summed E-state index contributed by atoms with van der Waals surface area (Å²) in [4.78, 5) is 10.1. The van der Waals surface area contributed by atoms with Gasteiger partial charge >= 0.3 is 0 Å². The van der Waals surface area contributed by atoms with E-state index in [9.17, 15) is 0 Å². The van der Waals surface area contributed by atoms with Gasteiger partial charge in [0.1, 0.15) is 10.8 Å². The molecule has 0 amide bonds. The number of nitrogens with one attached hydrogen (secondary N) is 2. The van der Waals surface area contributed by atoms with Gasteiger partial charge in [0.25, 0.3) is 0 Å².